The highest BCUT2D eigenvalue weighted by molar-refractivity contribution is 6.07. The summed E-state index contributed by atoms with van der Waals surface area (Å²) in [5, 5.41) is 0. The fourth-order valence-electron chi connectivity index (χ4n) is 2.55. The quantitative estimate of drug-likeness (QED) is 0.829. The van der Waals surface area contributed by atoms with Gasteiger partial charge in [-0.25, -0.2) is 0 Å². The van der Waals surface area contributed by atoms with E-state index in [2.05, 4.69) is 0 Å². The number of anilines is 1. The highest BCUT2D eigenvalue weighted by Crippen LogP contribution is 2.47. The summed E-state index contributed by atoms with van der Waals surface area (Å²) in [4.78, 5) is 13.4. The van der Waals surface area contributed by atoms with Crippen LogP contribution in [0.3, 0.4) is 0 Å². The van der Waals surface area contributed by atoms with Crippen molar-refractivity contribution in [2.75, 3.05) is 19.1 Å². The molecule has 1 aliphatic heterocycles. The van der Waals surface area contributed by atoms with Crippen molar-refractivity contribution >= 4 is 11.6 Å². The number of hydrogen-bond donors (Lipinski definition) is 0. The van der Waals surface area contributed by atoms with Gasteiger partial charge in [-0.2, -0.15) is 13.2 Å². The minimum Gasteiger partial charge on any atom is -0.497 e. The van der Waals surface area contributed by atoms with Crippen LogP contribution in [-0.2, 0) is 10.2 Å². The second kappa shape index (κ2) is 4.15. The number of alkyl halides is 3. The normalized spacial score (nSPS) is 22.6. The first-order chi connectivity index (χ1) is 8.69. The van der Waals surface area contributed by atoms with Crippen molar-refractivity contribution in [2.45, 2.75) is 24.9 Å². The molecule has 2 rings (SSSR count). The number of benzene rings is 1. The number of hydrogen-bond acceptors (Lipinski definition) is 2. The Bertz CT molecular complexity index is 527. The maximum Gasteiger partial charge on any atom is 0.390 e. The molecule has 0 fully saturated rings. The van der Waals surface area contributed by atoms with E-state index in [0.717, 1.165) is 0 Å². The molecule has 104 valence electrons. The Morgan fingerprint density at radius 1 is 1.37 bits per heavy atom. The van der Waals surface area contributed by atoms with Gasteiger partial charge >= 0.3 is 6.18 Å². The smallest absolute Gasteiger partial charge is 0.390 e. The van der Waals surface area contributed by atoms with Gasteiger partial charge in [-0.3, -0.25) is 4.79 Å². The Labute approximate surface area is 109 Å². The molecule has 3 nitrogen and oxygen atoms in total. The van der Waals surface area contributed by atoms with Crippen LogP contribution in [-0.4, -0.2) is 26.2 Å². The standard InChI is InChI=1S/C13H14F3NO2/c1-12(7-13(14,15)16)9-5-4-8(19-3)6-10(9)17(2)11(12)18/h4-6H,7H2,1-3H3. The number of amides is 1. The van der Waals surface area contributed by atoms with Crippen molar-refractivity contribution in [1.29, 1.82) is 0 Å². The highest BCUT2D eigenvalue weighted by atomic mass is 19.4. The molecule has 1 atom stereocenters. The molecule has 0 saturated carbocycles. The van der Waals surface area contributed by atoms with E-state index in [0.29, 0.717) is 17.0 Å². The Hall–Kier alpha value is -1.72. The predicted molar refractivity (Wildman–Crippen MR) is 64.4 cm³/mol. The van der Waals surface area contributed by atoms with Gasteiger partial charge in [-0.05, 0) is 18.6 Å². The maximum absolute atomic E-state index is 12.7. The Morgan fingerprint density at radius 2 is 2.00 bits per heavy atom. The van der Waals surface area contributed by atoms with Crippen molar-refractivity contribution < 1.29 is 22.7 Å². The lowest BCUT2D eigenvalue weighted by atomic mass is 9.80. The van der Waals surface area contributed by atoms with Crippen LogP contribution < -0.4 is 9.64 Å². The van der Waals surface area contributed by atoms with E-state index in [1.165, 1.54) is 32.0 Å². The van der Waals surface area contributed by atoms with Crippen LogP contribution >= 0.6 is 0 Å². The Kier molecular flexibility index (Phi) is 2.99. The molecule has 1 aliphatic rings. The summed E-state index contributed by atoms with van der Waals surface area (Å²) in [7, 11) is 2.94. The molecule has 0 bridgehead atoms. The molecule has 1 heterocycles. The topological polar surface area (TPSA) is 29.5 Å². The van der Waals surface area contributed by atoms with Crippen molar-refractivity contribution in [2.24, 2.45) is 0 Å². The van der Waals surface area contributed by atoms with Crippen molar-refractivity contribution in [3.8, 4) is 5.75 Å². The zero-order chi connectivity index (χ0) is 14.4. The van der Waals surface area contributed by atoms with Gasteiger partial charge in [0.1, 0.15) is 5.75 Å². The van der Waals surface area contributed by atoms with Gasteiger partial charge in [0, 0.05) is 13.1 Å². The summed E-state index contributed by atoms with van der Waals surface area (Å²) in [6, 6.07) is 4.68. The average Bonchev–Trinajstić information content (AvgIpc) is 2.49. The number of carbonyl (C=O) groups is 1. The van der Waals surface area contributed by atoms with Crippen molar-refractivity contribution in [1.82, 2.24) is 0 Å². The second-order valence-corrected chi connectivity index (χ2v) is 4.87. The lowest BCUT2D eigenvalue weighted by Gasteiger charge is -2.24. The second-order valence-electron chi connectivity index (χ2n) is 4.87. The van der Waals surface area contributed by atoms with Gasteiger partial charge in [0.25, 0.3) is 0 Å². The number of halogens is 3. The Morgan fingerprint density at radius 3 is 2.53 bits per heavy atom. The zero-order valence-corrected chi connectivity index (χ0v) is 10.8. The summed E-state index contributed by atoms with van der Waals surface area (Å²) >= 11 is 0. The molecule has 0 spiro atoms. The van der Waals surface area contributed by atoms with Crippen LogP contribution in [0.4, 0.5) is 18.9 Å². The van der Waals surface area contributed by atoms with E-state index < -0.39 is 23.9 Å². The first-order valence-electron chi connectivity index (χ1n) is 5.72. The van der Waals surface area contributed by atoms with Crippen LogP contribution in [0.1, 0.15) is 18.9 Å². The lowest BCUT2D eigenvalue weighted by molar-refractivity contribution is -0.154. The summed E-state index contributed by atoms with van der Waals surface area (Å²) in [6.07, 6.45) is -5.56. The van der Waals surface area contributed by atoms with Crippen molar-refractivity contribution in [3.05, 3.63) is 23.8 Å². The first-order valence-corrected chi connectivity index (χ1v) is 5.72. The lowest BCUT2D eigenvalue weighted by Crippen LogP contribution is -2.39. The van der Waals surface area contributed by atoms with E-state index in [-0.39, 0.29) is 0 Å². The molecule has 1 unspecified atom stereocenters. The third kappa shape index (κ3) is 2.15. The first kappa shape index (κ1) is 13.7. The fraction of sp³-hybridized carbons (Fsp3) is 0.462. The summed E-state index contributed by atoms with van der Waals surface area (Å²) in [5.41, 5.74) is -0.705. The highest BCUT2D eigenvalue weighted by Gasteiger charge is 2.52. The molecular formula is C13H14F3NO2. The van der Waals surface area contributed by atoms with Crippen LogP contribution in [0.25, 0.3) is 0 Å². The summed E-state index contributed by atoms with van der Waals surface area (Å²) in [6.45, 7) is 1.33. The molecule has 0 radical (unpaired) electrons. The third-order valence-corrected chi connectivity index (χ3v) is 3.49. The van der Waals surface area contributed by atoms with Crippen LogP contribution in [0.5, 0.6) is 5.75 Å². The van der Waals surface area contributed by atoms with Gasteiger partial charge in [-0.1, -0.05) is 6.07 Å². The van der Waals surface area contributed by atoms with Gasteiger partial charge in [-0.15, -0.1) is 0 Å². The predicted octanol–water partition coefficient (Wildman–Crippen LogP) is 2.88. The van der Waals surface area contributed by atoms with E-state index in [4.69, 9.17) is 4.74 Å². The number of ether oxygens (including phenoxy) is 1. The van der Waals surface area contributed by atoms with E-state index in [1.807, 2.05) is 0 Å². The number of likely N-dealkylation sites (N-methyl/N-ethyl adjacent to an activating group) is 1. The number of rotatable bonds is 2. The monoisotopic (exact) mass is 273 g/mol. The molecule has 0 aromatic heterocycles. The van der Waals surface area contributed by atoms with Gasteiger partial charge in [0.2, 0.25) is 5.91 Å². The van der Waals surface area contributed by atoms with Gasteiger partial charge in [0.15, 0.2) is 0 Å². The number of carbonyl (C=O) groups excluding carboxylic acids is 1. The summed E-state index contributed by atoms with van der Waals surface area (Å²) < 4.78 is 43.1. The van der Waals surface area contributed by atoms with Crippen LogP contribution in [0.2, 0.25) is 0 Å². The number of nitrogens with zero attached hydrogens (tertiary/aromatic N) is 1. The molecule has 1 aromatic carbocycles. The third-order valence-electron chi connectivity index (χ3n) is 3.49. The minimum atomic E-state index is -4.40. The molecule has 0 N–H and O–H groups in total. The minimum absolute atomic E-state index is 0.387. The van der Waals surface area contributed by atoms with Gasteiger partial charge < -0.3 is 9.64 Å². The largest absolute Gasteiger partial charge is 0.497 e. The molecule has 1 amide bonds. The number of methoxy groups -OCH3 is 1. The molecule has 1 aromatic rings. The average molecular weight is 273 g/mol. The molecular weight excluding hydrogens is 259 g/mol. The van der Waals surface area contributed by atoms with Crippen molar-refractivity contribution in [3.63, 3.8) is 0 Å². The van der Waals surface area contributed by atoms with Gasteiger partial charge in [0.05, 0.1) is 24.6 Å². The van der Waals surface area contributed by atoms with E-state index >= 15 is 0 Å². The molecule has 6 heteroatoms. The fourth-order valence-corrected chi connectivity index (χ4v) is 2.55. The van der Waals surface area contributed by atoms with Crippen LogP contribution in [0, 0.1) is 0 Å². The Balaban J connectivity index is 2.53. The van der Waals surface area contributed by atoms with Crippen LogP contribution in [0.15, 0.2) is 18.2 Å². The molecule has 0 aliphatic carbocycles. The number of fused-ring (bicyclic) bond motifs is 1. The van der Waals surface area contributed by atoms with E-state index in [1.54, 1.807) is 12.1 Å². The molecule has 19 heavy (non-hydrogen) atoms. The SMILES string of the molecule is COc1ccc2c(c1)N(C)C(=O)C2(C)CC(F)(F)F. The van der Waals surface area contributed by atoms with E-state index in [9.17, 15) is 18.0 Å². The zero-order valence-electron chi connectivity index (χ0n) is 10.8. The molecule has 0 saturated heterocycles. The summed E-state index contributed by atoms with van der Waals surface area (Å²) in [5.74, 6) is -0.0391. The maximum atomic E-state index is 12.7.